The van der Waals surface area contributed by atoms with E-state index in [0.717, 1.165) is 23.7 Å². The number of hydrogen-bond donors (Lipinski definition) is 0. The largest absolute Gasteiger partial charge is 0.0998 e. The Hall–Kier alpha value is -0.520. The second-order valence-corrected chi connectivity index (χ2v) is 5.80. The lowest BCUT2D eigenvalue weighted by molar-refractivity contribution is 0.135. The van der Waals surface area contributed by atoms with Gasteiger partial charge in [0.2, 0.25) is 0 Å². The van der Waals surface area contributed by atoms with Gasteiger partial charge in [0.25, 0.3) is 0 Å². The maximum absolute atomic E-state index is 4.19. The first-order chi connectivity index (χ1) is 7.09. The highest BCUT2D eigenvalue weighted by molar-refractivity contribution is 5.15. The fourth-order valence-electron chi connectivity index (χ4n) is 3.62. The molecule has 15 heavy (non-hydrogen) atoms. The first kappa shape index (κ1) is 11.0. The van der Waals surface area contributed by atoms with Crippen molar-refractivity contribution >= 4 is 0 Å². The summed E-state index contributed by atoms with van der Waals surface area (Å²) in [6.07, 6.45) is 8.07. The van der Waals surface area contributed by atoms with E-state index in [9.17, 15) is 0 Å². The zero-order chi connectivity index (χ0) is 11.0. The number of fused-ring (bicyclic) bond motifs is 1. The summed E-state index contributed by atoms with van der Waals surface area (Å²) < 4.78 is 0. The molecule has 0 bridgehead atoms. The lowest BCUT2D eigenvalue weighted by Crippen LogP contribution is -2.34. The molecule has 2 aliphatic rings. The monoisotopic (exact) mass is 204 g/mol. The Balaban J connectivity index is 2.24. The summed E-state index contributed by atoms with van der Waals surface area (Å²) in [6, 6.07) is 0. The minimum Gasteiger partial charge on any atom is -0.0998 e. The van der Waals surface area contributed by atoms with Gasteiger partial charge in [-0.15, -0.1) is 0 Å². The third-order valence-corrected chi connectivity index (χ3v) is 4.60. The van der Waals surface area contributed by atoms with Gasteiger partial charge in [-0.25, -0.2) is 0 Å². The van der Waals surface area contributed by atoms with Gasteiger partial charge >= 0.3 is 0 Å². The minimum absolute atomic E-state index is 0.765. The third kappa shape index (κ3) is 2.04. The summed E-state index contributed by atoms with van der Waals surface area (Å²) in [5, 5.41) is 0. The van der Waals surface area contributed by atoms with Gasteiger partial charge in [0, 0.05) is 0 Å². The van der Waals surface area contributed by atoms with Gasteiger partial charge in [0.1, 0.15) is 0 Å². The standard InChI is InChI=1S/C15H24/c1-10(2)13-8-6-12(4)14-7-5-11(3)9-15(13)14/h9,12-15H,1,5-8H2,2-4H3/t12-,13-,14-,15-/m0/s1. The molecule has 0 spiro atoms. The van der Waals surface area contributed by atoms with Crippen LogP contribution in [0.5, 0.6) is 0 Å². The van der Waals surface area contributed by atoms with Crippen LogP contribution in [0.15, 0.2) is 23.8 Å². The van der Waals surface area contributed by atoms with Crippen LogP contribution in [0.4, 0.5) is 0 Å². The van der Waals surface area contributed by atoms with E-state index in [-0.39, 0.29) is 0 Å². The van der Waals surface area contributed by atoms with Crippen LogP contribution in [-0.2, 0) is 0 Å². The van der Waals surface area contributed by atoms with E-state index in [1.165, 1.54) is 31.3 Å². The smallest absolute Gasteiger partial charge is 0.0134 e. The molecular weight excluding hydrogens is 180 g/mol. The molecule has 0 aromatic heterocycles. The van der Waals surface area contributed by atoms with Crippen LogP contribution in [0.2, 0.25) is 0 Å². The Bertz CT molecular complexity index is 284. The van der Waals surface area contributed by atoms with Crippen LogP contribution in [0, 0.1) is 23.7 Å². The Morgan fingerprint density at radius 2 is 2.07 bits per heavy atom. The van der Waals surface area contributed by atoms with Crippen molar-refractivity contribution in [1.29, 1.82) is 0 Å². The molecule has 0 heterocycles. The molecular formula is C15H24. The normalized spacial score (nSPS) is 40.6. The number of hydrogen-bond acceptors (Lipinski definition) is 0. The highest BCUT2D eigenvalue weighted by atomic mass is 14.4. The van der Waals surface area contributed by atoms with E-state index in [1.54, 1.807) is 5.57 Å². The summed E-state index contributed by atoms with van der Waals surface area (Å²) in [7, 11) is 0. The summed E-state index contributed by atoms with van der Waals surface area (Å²) >= 11 is 0. The summed E-state index contributed by atoms with van der Waals surface area (Å²) in [5.74, 6) is 3.43. The molecule has 2 rings (SSSR count). The van der Waals surface area contributed by atoms with Crippen LogP contribution < -0.4 is 0 Å². The molecule has 0 aromatic rings. The van der Waals surface area contributed by atoms with Gasteiger partial charge in [-0.1, -0.05) is 30.7 Å². The van der Waals surface area contributed by atoms with E-state index in [2.05, 4.69) is 33.4 Å². The van der Waals surface area contributed by atoms with Crippen LogP contribution in [0.25, 0.3) is 0 Å². The summed E-state index contributed by atoms with van der Waals surface area (Å²) in [5.41, 5.74) is 3.01. The van der Waals surface area contributed by atoms with Gasteiger partial charge in [-0.2, -0.15) is 0 Å². The minimum atomic E-state index is 0.765. The van der Waals surface area contributed by atoms with E-state index in [0.29, 0.717) is 0 Å². The van der Waals surface area contributed by atoms with Crippen molar-refractivity contribution in [1.82, 2.24) is 0 Å². The first-order valence-electron chi connectivity index (χ1n) is 6.42. The molecule has 0 aliphatic heterocycles. The maximum Gasteiger partial charge on any atom is -0.0134 e. The van der Waals surface area contributed by atoms with E-state index in [1.807, 2.05) is 0 Å². The van der Waals surface area contributed by atoms with Crippen molar-refractivity contribution in [3.8, 4) is 0 Å². The topological polar surface area (TPSA) is 0 Å². The lowest BCUT2D eigenvalue weighted by Gasteiger charge is -2.44. The highest BCUT2D eigenvalue weighted by Crippen LogP contribution is 2.47. The molecule has 0 heteroatoms. The van der Waals surface area contributed by atoms with E-state index < -0.39 is 0 Å². The van der Waals surface area contributed by atoms with Gasteiger partial charge in [0.05, 0.1) is 0 Å². The van der Waals surface area contributed by atoms with Gasteiger partial charge in [0.15, 0.2) is 0 Å². The van der Waals surface area contributed by atoms with Crippen LogP contribution in [-0.4, -0.2) is 0 Å². The molecule has 0 unspecified atom stereocenters. The molecule has 0 amide bonds. The van der Waals surface area contributed by atoms with Crippen LogP contribution in [0.3, 0.4) is 0 Å². The van der Waals surface area contributed by atoms with E-state index in [4.69, 9.17) is 0 Å². The Morgan fingerprint density at radius 3 is 2.73 bits per heavy atom. The zero-order valence-corrected chi connectivity index (χ0v) is 10.4. The maximum atomic E-state index is 4.19. The second-order valence-electron chi connectivity index (χ2n) is 5.80. The molecule has 1 saturated carbocycles. The molecule has 0 N–H and O–H groups in total. The van der Waals surface area contributed by atoms with E-state index >= 15 is 0 Å². The molecule has 0 radical (unpaired) electrons. The fraction of sp³-hybridized carbons (Fsp3) is 0.733. The fourth-order valence-corrected chi connectivity index (χ4v) is 3.62. The van der Waals surface area contributed by atoms with Crippen molar-refractivity contribution < 1.29 is 0 Å². The molecule has 0 nitrogen and oxygen atoms in total. The van der Waals surface area contributed by atoms with Crippen LogP contribution in [0.1, 0.15) is 46.5 Å². The number of rotatable bonds is 1. The lowest BCUT2D eigenvalue weighted by atomic mass is 9.61. The van der Waals surface area contributed by atoms with Gasteiger partial charge < -0.3 is 0 Å². The quantitative estimate of drug-likeness (QED) is 0.548. The van der Waals surface area contributed by atoms with Crippen molar-refractivity contribution in [2.24, 2.45) is 23.7 Å². The average Bonchev–Trinajstić information content (AvgIpc) is 2.17. The summed E-state index contributed by atoms with van der Waals surface area (Å²) in [4.78, 5) is 0. The van der Waals surface area contributed by atoms with Crippen LogP contribution >= 0.6 is 0 Å². The van der Waals surface area contributed by atoms with Crippen molar-refractivity contribution in [3.05, 3.63) is 23.8 Å². The molecule has 0 aromatic carbocycles. The Kier molecular flexibility index (Phi) is 3.04. The number of allylic oxidation sites excluding steroid dienone is 3. The third-order valence-electron chi connectivity index (χ3n) is 4.60. The Morgan fingerprint density at radius 1 is 1.33 bits per heavy atom. The molecule has 0 saturated heterocycles. The predicted octanol–water partition coefficient (Wildman–Crippen LogP) is 4.58. The SMILES string of the molecule is C=C(C)[C@@H]1CC[C@H](C)[C@@H]2CCC(C)=C[C@H]21. The second kappa shape index (κ2) is 4.15. The predicted molar refractivity (Wildman–Crippen MR) is 66.7 cm³/mol. The average molecular weight is 204 g/mol. The van der Waals surface area contributed by atoms with Gasteiger partial charge in [-0.05, 0) is 63.2 Å². The highest BCUT2D eigenvalue weighted by Gasteiger charge is 2.37. The summed E-state index contributed by atoms with van der Waals surface area (Å²) in [6.45, 7) is 11.2. The molecule has 2 aliphatic carbocycles. The van der Waals surface area contributed by atoms with Crippen molar-refractivity contribution in [2.75, 3.05) is 0 Å². The van der Waals surface area contributed by atoms with Crippen molar-refractivity contribution in [3.63, 3.8) is 0 Å². The molecule has 84 valence electrons. The van der Waals surface area contributed by atoms with Crippen molar-refractivity contribution in [2.45, 2.75) is 46.5 Å². The zero-order valence-electron chi connectivity index (χ0n) is 10.4. The molecule has 1 fully saturated rings. The first-order valence-corrected chi connectivity index (χ1v) is 6.42. The van der Waals surface area contributed by atoms with Gasteiger partial charge in [-0.3, -0.25) is 0 Å². The molecule has 4 atom stereocenters. The Labute approximate surface area is 94.5 Å².